The first-order chi connectivity index (χ1) is 26.5. The third kappa shape index (κ3) is 16.2. The maximum atomic E-state index is 12.5. The van der Waals surface area contributed by atoms with Gasteiger partial charge >= 0.3 is 11.9 Å². The number of carbonyl (C=O) groups excluding carboxylic acids is 2. The number of unbranched alkanes of at least 4 members (excludes halogenated alkanes) is 9. The first-order valence-electron chi connectivity index (χ1n) is 19.6. The molecular weight excluding hydrogens is 677 g/mol. The van der Waals surface area contributed by atoms with Crippen molar-refractivity contribution in [2.75, 3.05) is 26.3 Å². The number of aliphatic imine (C=N–C) groups is 2. The molecule has 0 radical (unpaired) electrons. The van der Waals surface area contributed by atoms with Gasteiger partial charge in [-0.1, -0.05) is 65.2 Å². The molecule has 0 saturated heterocycles. The van der Waals surface area contributed by atoms with Crippen molar-refractivity contribution < 1.29 is 28.5 Å². The molecular formula is C46H56N2O6. The Labute approximate surface area is 321 Å². The summed E-state index contributed by atoms with van der Waals surface area (Å²) in [5, 5.41) is 0. The lowest BCUT2D eigenvalue weighted by Crippen LogP contribution is -2.08. The molecule has 0 unspecified atom stereocenters. The number of ether oxygens (including phenoxy) is 4. The van der Waals surface area contributed by atoms with Gasteiger partial charge < -0.3 is 18.9 Å². The third-order valence-electron chi connectivity index (χ3n) is 8.70. The molecule has 0 heterocycles. The number of hydrogen-bond acceptors (Lipinski definition) is 8. The van der Waals surface area contributed by atoms with E-state index in [1.54, 1.807) is 72.8 Å². The first kappa shape index (κ1) is 41.5. The highest BCUT2D eigenvalue weighted by Gasteiger charge is 2.10. The Hall–Kier alpha value is -5.24. The highest BCUT2D eigenvalue weighted by atomic mass is 16.5. The second kappa shape index (κ2) is 24.9. The lowest BCUT2D eigenvalue weighted by molar-refractivity contribution is 0.0725. The zero-order chi connectivity index (χ0) is 38.1. The van der Waals surface area contributed by atoms with Crippen molar-refractivity contribution in [2.24, 2.45) is 9.98 Å². The Morgan fingerprint density at radius 1 is 0.444 bits per heavy atom. The van der Waals surface area contributed by atoms with Crippen molar-refractivity contribution >= 4 is 24.4 Å². The van der Waals surface area contributed by atoms with Crippen LogP contribution in [-0.4, -0.2) is 50.7 Å². The molecule has 0 N–H and O–H groups in total. The zero-order valence-electron chi connectivity index (χ0n) is 32.0. The van der Waals surface area contributed by atoms with Gasteiger partial charge in [0.05, 0.1) is 24.3 Å². The van der Waals surface area contributed by atoms with Gasteiger partial charge in [0.25, 0.3) is 0 Å². The maximum absolute atomic E-state index is 12.5. The normalized spacial score (nSPS) is 11.2. The number of rotatable bonds is 25. The molecule has 4 rings (SSSR count). The number of hydrogen-bond donors (Lipinski definition) is 0. The fourth-order valence-corrected chi connectivity index (χ4v) is 5.49. The molecule has 0 aliphatic carbocycles. The summed E-state index contributed by atoms with van der Waals surface area (Å²) >= 11 is 0. The Morgan fingerprint density at radius 2 is 0.796 bits per heavy atom. The van der Waals surface area contributed by atoms with Crippen LogP contribution < -0.4 is 18.9 Å². The SMILES string of the molecule is CCCCCOc1ccc(C(=O)Oc2ccc(C=NCCCCCCCCN=Cc3ccc(OC(=O)c4ccc(OCCCCC)cc4)cc3)cc2)cc1. The Balaban J connectivity index is 1.01. The van der Waals surface area contributed by atoms with Gasteiger partial charge in [-0.25, -0.2) is 9.59 Å². The summed E-state index contributed by atoms with van der Waals surface area (Å²) in [7, 11) is 0. The van der Waals surface area contributed by atoms with Crippen LogP contribution >= 0.6 is 0 Å². The largest absolute Gasteiger partial charge is 0.494 e. The van der Waals surface area contributed by atoms with Crippen molar-refractivity contribution in [2.45, 2.75) is 90.9 Å². The molecule has 0 spiro atoms. The summed E-state index contributed by atoms with van der Waals surface area (Å²) in [6.45, 7) is 7.27. The van der Waals surface area contributed by atoms with Gasteiger partial charge in [0, 0.05) is 25.5 Å². The van der Waals surface area contributed by atoms with Gasteiger partial charge in [0.15, 0.2) is 0 Å². The van der Waals surface area contributed by atoms with E-state index in [0.29, 0.717) is 35.8 Å². The maximum Gasteiger partial charge on any atom is 0.343 e. The second-order valence-corrected chi connectivity index (χ2v) is 13.3. The van der Waals surface area contributed by atoms with Crippen molar-refractivity contribution in [3.05, 3.63) is 119 Å². The molecule has 286 valence electrons. The fraction of sp³-hybridized carbons (Fsp3) is 0.391. The van der Waals surface area contributed by atoms with Gasteiger partial charge in [-0.15, -0.1) is 0 Å². The second-order valence-electron chi connectivity index (χ2n) is 13.3. The van der Waals surface area contributed by atoms with Crippen LogP contribution in [0.1, 0.15) is 123 Å². The minimum Gasteiger partial charge on any atom is -0.494 e. The van der Waals surface area contributed by atoms with E-state index in [-0.39, 0.29) is 0 Å². The average Bonchev–Trinajstić information content (AvgIpc) is 3.20. The predicted octanol–water partition coefficient (Wildman–Crippen LogP) is 11.1. The number of esters is 2. The van der Waals surface area contributed by atoms with E-state index in [4.69, 9.17) is 18.9 Å². The van der Waals surface area contributed by atoms with Crippen LogP contribution in [0.4, 0.5) is 0 Å². The monoisotopic (exact) mass is 732 g/mol. The molecule has 0 aromatic heterocycles. The van der Waals surface area contributed by atoms with Crippen LogP contribution in [0.5, 0.6) is 23.0 Å². The Bertz CT molecular complexity index is 1570. The number of nitrogens with zero attached hydrogens (tertiary/aromatic N) is 2. The number of benzene rings is 4. The zero-order valence-corrected chi connectivity index (χ0v) is 32.0. The molecule has 0 aliphatic heterocycles. The molecule has 4 aromatic rings. The fourth-order valence-electron chi connectivity index (χ4n) is 5.49. The molecule has 8 heteroatoms. The summed E-state index contributed by atoms with van der Waals surface area (Å²) in [6.07, 6.45) is 17.2. The van der Waals surface area contributed by atoms with Crippen molar-refractivity contribution in [1.29, 1.82) is 0 Å². The standard InChI is InChI=1S/C46H56N2O6/c1-3-5-13-33-51-41-27-19-39(20-28-41)45(49)53-43-23-15-37(16-24-43)35-47-31-11-9-7-8-10-12-32-48-36-38-17-25-44(26-18-38)54-46(50)40-21-29-42(30-22-40)52-34-14-6-4-2/h15-30,35-36H,3-14,31-34H2,1-2H3. The highest BCUT2D eigenvalue weighted by molar-refractivity contribution is 5.92. The molecule has 0 atom stereocenters. The van der Waals surface area contributed by atoms with Crippen LogP contribution in [0.3, 0.4) is 0 Å². The van der Waals surface area contributed by atoms with E-state index in [2.05, 4.69) is 23.8 Å². The minimum atomic E-state index is -0.396. The first-order valence-corrected chi connectivity index (χ1v) is 19.6. The molecule has 0 bridgehead atoms. The average molecular weight is 733 g/mol. The molecule has 0 fully saturated rings. The van der Waals surface area contributed by atoms with Gasteiger partial charge in [0.1, 0.15) is 23.0 Å². The van der Waals surface area contributed by atoms with E-state index in [9.17, 15) is 9.59 Å². The molecule has 8 nitrogen and oxygen atoms in total. The van der Waals surface area contributed by atoms with Gasteiger partial charge in [0.2, 0.25) is 0 Å². The van der Waals surface area contributed by atoms with Crippen LogP contribution in [-0.2, 0) is 0 Å². The smallest absolute Gasteiger partial charge is 0.343 e. The van der Waals surface area contributed by atoms with E-state index >= 15 is 0 Å². The summed E-state index contributed by atoms with van der Waals surface area (Å²) < 4.78 is 22.5. The van der Waals surface area contributed by atoms with E-state index in [0.717, 1.165) is 99.9 Å². The number of carbonyl (C=O) groups is 2. The van der Waals surface area contributed by atoms with Gasteiger partial charge in [-0.2, -0.15) is 0 Å². The van der Waals surface area contributed by atoms with Crippen LogP contribution in [0, 0.1) is 0 Å². The van der Waals surface area contributed by atoms with E-state index < -0.39 is 11.9 Å². The van der Waals surface area contributed by atoms with Crippen LogP contribution in [0.15, 0.2) is 107 Å². The molecule has 4 aromatic carbocycles. The Morgan fingerprint density at radius 3 is 1.17 bits per heavy atom. The van der Waals surface area contributed by atoms with Crippen molar-refractivity contribution in [1.82, 2.24) is 0 Å². The van der Waals surface area contributed by atoms with Gasteiger partial charge in [-0.05, 0) is 134 Å². The molecule has 0 aliphatic rings. The summed E-state index contributed by atoms with van der Waals surface area (Å²) in [5.41, 5.74) is 2.91. The third-order valence-corrected chi connectivity index (χ3v) is 8.70. The highest BCUT2D eigenvalue weighted by Crippen LogP contribution is 2.19. The quantitative estimate of drug-likeness (QED) is 0.0291. The van der Waals surface area contributed by atoms with Crippen molar-refractivity contribution in [3.8, 4) is 23.0 Å². The predicted molar refractivity (Wildman–Crippen MR) is 218 cm³/mol. The van der Waals surface area contributed by atoms with E-state index in [1.807, 2.05) is 36.7 Å². The Kier molecular flexibility index (Phi) is 19.1. The van der Waals surface area contributed by atoms with Crippen LogP contribution in [0.25, 0.3) is 0 Å². The summed E-state index contributed by atoms with van der Waals surface area (Å²) in [6, 6.07) is 28.9. The summed E-state index contributed by atoms with van der Waals surface area (Å²) in [5.74, 6) is 1.72. The summed E-state index contributed by atoms with van der Waals surface area (Å²) in [4.78, 5) is 34.2. The van der Waals surface area contributed by atoms with Gasteiger partial charge in [-0.3, -0.25) is 9.98 Å². The van der Waals surface area contributed by atoms with E-state index in [1.165, 1.54) is 12.8 Å². The molecule has 54 heavy (non-hydrogen) atoms. The molecule has 0 amide bonds. The van der Waals surface area contributed by atoms with Crippen LogP contribution in [0.2, 0.25) is 0 Å². The van der Waals surface area contributed by atoms with Crippen molar-refractivity contribution in [3.63, 3.8) is 0 Å². The minimum absolute atomic E-state index is 0.396. The lowest BCUT2D eigenvalue weighted by atomic mass is 10.1. The topological polar surface area (TPSA) is 95.8 Å². The molecule has 0 saturated carbocycles. The lowest BCUT2D eigenvalue weighted by Gasteiger charge is -2.07.